The van der Waals surface area contributed by atoms with Gasteiger partial charge in [0.2, 0.25) is 0 Å². The quantitative estimate of drug-likeness (QED) is 0.745. The first-order valence-corrected chi connectivity index (χ1v) is 8.18. The van der Waals surface area contributed by atoms with Crippen LogP contribution in [0.2, 0.25) is 0 Å². The fourth-order valence-electron chi connectivity index (χ4n) is 3.44. The van der Waals surface area contributed by atoms with Crippen molar-refractivity contribution >= 4 is 11.9 Å². The van der Waals surface area contributed by atoms with Crippen LogP contribution in [0.5, 0.6) is 0 Å². The standard InChI is InChI=1S/C17H28O4/c1-5-20-14(18)12-6-8-13(9-7-12)17(10-11-17)15(19)21-16(2,3)4/h12-13H,5-11H2,1-4H3. The highest BCUT2D eigenvalue weighted by molar-refractivity contribution is 5.80. The van der Waals surface area contributed by atoms with Crippen LogP contribution in [-0.4, -0.2) is 24.1 Å². The van der Waals surface area contributed by atoms with Gasteiger partial charge >= 0.3 is 11.9 Å². The van der Waals surface area contributed by atoms with E-state index < -0.39 is 5.60 Å². The van der Waals surface area contributed by atoms with Crippen molar-refractivity contribution < 1.29 is 19.1 Å². The van der Waals surface area contributed by atoms with Crippen molar-refractivity contribution in [3.05, 3.63) is 0 Å². The minimum Gasteiger partial charge on any atom is -0.466 e. The number of hydrogen-bond acceptors (Lipinski definition) is 4. The van der Waals surface area contributed by atoms with Crippen LogP contribution >= 0.6 is 0 Å². The highest BCUT2D eigenvalue weighted by Crippen LogP contribution is 2.58. The van der Waals surface area contributed by atoms with E-state index in [9.17, 15) is 9.59 Å². The number of rotatable bonds is 4. The maximum absolute atomic E-state index is 12.4. The molecule has 2 rings (SSSR count). The van der Waals surface area contributed by atoms with Gasteiger partial charge in [-0.2, -0.15) is 0 Å². The molecule has 21 heavy (non-hydrogen) atoms. The van der Waals surface area contributed by atoms with E-state index in [1.807, 2.05) is 27.7 Å². The Balaban J connectivity index is 1.90. The van der Waals surface area contributed by atoms with E-state index in [2.05, 4.69) is 0 Å². The molecule has 0 aromatic heterocycles. The number of carbonyl (C=O) groups is 2. The van der Waals surface area contributed by atoms with E-state index in [-0.39, 0.29) is 23.3 Å². The Morgan fingerprint density at radius 1 is 1.10 bits per heavy atom. The van der Waals surface area contributed by atoms with Crippen LogP contribution in [0.4, 0.5) is 0 Å². The van der Waals surface area contributed by atoms with Crippen molar-refractivity contribution in [3.63, 3.8) is 0 Å². The molecule has 0 atom stereocenters. The van der Waals surface area contributed by atoms with Crippen molar-refractivity contribution in [2.24, 2.45) is 17.3 Å². The van der Waals surface area contributed by atoms with Gasteiger partial charge in [0.1, 0.15) is 5.60 Å². The Morgan fingerprint density at radius 2 is 1.67 bits per heavy atom. The van der Waals surface area contributed by atoms with Gasteiger partial charge in [0.15, 0.2) is 0 Å². The van der Waals surface area contributed by atoms with Crippen LogP contribution in [0.1, 0.15) is 66.2 Å². The van der Waals surface area contributed by atoms with E-state index in [1.54, 1.807) is 0 Å². The van der Waals surface area contributed by atoms with Gasteiger partial charge in [-0.1, -0.05) is 0 Å². The summed E-state index contributed by atoms with van der Waals surface area (Å²) in [5.74, 6) is 0.293. The van der Waals surface area contributed by atoms with Gasteiger partial charge in [-0.25, -0.2) is 0 Å². The van der Waals surface area contributed by atoms with Gasteiger partial charge in [-0.3, -0.25) is 9.59 Å². The smallest absolute Gasteiger partial charge is 0.312 e. The Bertz CT molecular complexity index is 396. The molecule has 2 aliphatic carbocycles. The zero-order chi connectivity index (χ0) is 15.7. The third-order valence-electron chi connectivity index (χ3n) is 4.72. The van der Waals surface area contributed by atoms with E-state index >= 15 is 0 Å². The molecular formula is C17H28O4. The van der Waals surface area contributed by atoms with Crippen LogP contribution in [-0.2, 0) is 19.1 Å². The van der Waals surface area contributed by atoms with Crippen LogP contribution in [0.25, 0.3) is 0 Å². The Hall–Kier alpha value is -1.06. The minimum absolute atomic E-state index is 0.0237. The lowest BCUT2D eigenvalue weighted by Crippen LogP contribution is -2.36. The summed E-state index contributed by atoms with van der Waals surface area (Å²) < 4.78 is 10.7. The third kappa shape index (κ3) is 3.78. The predicted molar refractivity (Wildman–Crippen MR) is 79.6 cm³/mol. The summed E-state index contributed by atoms with van der Waals surface area (Å²) in [7, 11) is 0. The van der Waals surface area contributed by atoms with Crippen LogP contribution < -0.4 is 0 Å². The lowest BCUT2D eigenvalue weighted by atomic mass is 9.74. The molecule has 0 bridgehead atoms. The summed E-state index contributed by atoms with van der Waals surface area (Å²) in [5.41, 5.74) is -0.679. The molecule has 0 saturated heterocycles. The molecule has 0 aliphatic heterocycles. The fraction of sp³-hybridized carbons (Fsp3) is 0.882. The second kappa shape index (κ2) is 5.98. The van der Waals surface area contributed by atoms with Gasteiger partial charge < -0.3 is 9.47 Å². The highest BCUT2D eigenvalue weighted by Gasteiger charge is 2.57. The average Bonchev–Trinajstić information content (AvgIpc) is 3.19. The SMILES string of the molecule is CCOC(=O)C1CCC(C2(C(=O)OC(C)(C)C)CC2)CC1. The molecule has 0 N–H and O–H groups in total. The van der Waals surface area contributed by atoms with Crippen LogP contribution in [0.15, 0.2) is 0 Å². The zero-order valence-corrected chi connectivity index (χ0v) is 13.7. The Kier molecular flexibility index (Phi) is 4.64. The molecule has 2 saturated carbocycles. The molecule has 0 aromatic rings. The predicted octanol–water partition coefficient (Wildman–Crippen LogP) is 3.48. The van der Waals surface area contributed by atoms with Crippen LogP contribution in [0.3, 0.4) is 0 Å². The third-order valence-corrected chi connectivity index (χ3v) is 4.72. The largest absolute Gasteiger partial charge is 0.466 e. The van der Waals surface area contributed by atoms with Crippen molar-refractivity contribution in [2.45, 2.75) is 71.8 Å². The molecule has 0 spiro atoms. The van der Waals surface area contributed by atoms with Crippen molar-refractivity contribution in [1.29, 1.82) is 0 Å². The molecule has 0 aromatic carbocycles. The molecule has 2 aliphatic rings. The molecule has 4 heteroatoms. The first-order chi connectivity index (χ1) is 9.78. The molecule has 0 heterocycles. The van der Waals surface area contributed by atoms with Gasteiger partial charge in [-0.05, 0) is 72.1 Å². The summed E-state index contributed by atoms with van der Waals surface area (Å²) in [5, 5.41) is 0. The first-order valence-electron chi connectivity index (χ1n) is 8.18. The molecule has 120 valence electrons. The topological polar surface area (TPSA) is 52.6 Å². The monoisotopic (exact) mass is 296 g/mol. The summed E-state index contributed by atoms with van der Waals surface area (Å²) in [6, 6.07) is 0. The van der Waals surface area contributed by atoms with E-state index in [1.165, 1.54) is 0 Å². The van der Waals surface area contributed by atoms with E-state index in [0.29, 0.717) is 12.5 Å². The van der Waals surface area contributed by atoms with Gasteiger partial charge in [-0.15, -0.1) is 0 Å². The second-order valence-electron chi connectivity index (χ2n) is 7.46. The van der Waals surface area contributed by atoms with E-state index in [0.717, 1.165) is 38.5 Å². The number of esters is 2. The minimum atomic E-state index is -0.422. The van der Waals surface area contributed by atoms with Gasteiger partial charge in [0.25, 0.3) is 0 Å². The van der Waals surface area contributed by atoms with Gasteiger partial charge in [0.05, 0.1) is 17.9 Å². The normalized spacial score (nSPS) is 27.8. The van der Waals surface area contributed by atoms with Gasteiger partial charge in [0, 0.05) is 0 Å². The lowest BCUT2D eigenvalue weighted by molar-refractivity contribution is -0.165. The summed E-state index contributed by atoms with van der Waals surface area (Å²) in [4.78, 5) is 24.2. The molecule has 2 fully saturated rings. The second-order valence-corrected chi connectivity index (χ2v) is 7.46. The molecule has 0 radical (unpaired) electrons. The fourth-order valence-corrected chi connectivity index (χ4v) is 3.44. The molecule has 4 nitrogen and oxygen atoms in total. The molecular weight excluding hydrogens is 268 g/mol. The highest BCUT2D eigenvalue weighted by atomic mass is 16.6. The van der Waals surface area contributed by atoms with Crippen molar-refractivity contribution in [1.82, 2.24) is 0 Å². The zero-order valence-electron chi connectivity index (χ0n) is 13.7. The maximum atomic E-state index is 12.4. The number of ether oxygens (including phenoxy) is 2. The summed E-state index contributed by atoms with van der Waals surface area (Å²) >= 11 is 0. The number of carbonyl (C=O) groups excluding carboxylic acids is 2. The number of hydrogen-bond donors (Lipinski definition) is 0. The average molecular weight is 296 g/mol. The Labute approximate surface area is 127 Å². The molecule has 0 unspecified atom stereocenters. The van der Waals surface area contributed by atoms with Crippen LogP contribution in [0, 0.1) is 17.3 Å². The lowest BCUT2D eigenvalue weighted by Gasteiger charge is -2.33. The maximum Gasteiger partial charge on any atom is 0.312 e. The Morgan fingerprint density at radius 3 is 2.10 bits per heavy atom. The first kappa shape index (κ1) is 16.3. The van der Waals surface area contributed by atoms with E-state index in [4.69, 9.17) is 9.47 Å². The molecule has 0 amide bonds. The van der Waals surface area contributed by atoms with Crippen molar-refractivity contribution in [2.75, 3.05) is 6.61 Å². The van der Waals surface area contributed by atoms with Crippen molar-refractivity contribution in [3.8, 4) is 0 Å². The summed E-state index contributed by atoms with van der Waals surface area (Å²) in [6.45, 7) is 8.03. The summed E-state index contributed by atoms with van der Waals surface area (Å²) in [6.07, 6.45) is 5.43.